The number of sulfonamides is 1. The number of nitrogens with zero attached hydrogens (tertiary/aromatic N) is 2. The van der Waals surface area contributed by atoms with Crippen molar-refractivity contribution in [2.45, 2.75) is 49.7 Å². The maximum Gasteiger partial charge on any atom is 0.312 e. The van der Waals surface area contributed by atoms with Crippen molar-refractivity contribution in [3.8, 4) is 0 Å². The normalized spacial score (nSPS) is 15.9. The van der Waals surface area contributed by atoms with E-state index in [2.05, 4.69) is 4.98 Å². The third-order valence-electron chi connectivity index (χ3n) is 6.95. The Kier molecular flexibility index (Phi) is 9.91. The number of carbonyl (C=O) groups is 1. The molecule has 7 nitrogen and oxygen atoms in total. The second-order valence-corrected chi connectivity index (χ2v) is 12.1. The van der Waals surface area contributed by atoms with E-state index in [1.54, 1.807) is 24.5 Å². The van der Waals surface area contributed by atoms with Gasteiger partial charge in [-0.25, -0.2) is 8.42 Å². The average Bonchev–Trinajstić information content (AvgIpc) is 3.44. The van der Waals surface area contributed by atoms with E-state index in [-0.39, 0.29) is 36.9 Å². The first-order chi connectivity index (χ1) is 18.3. The number of hydrogen-bond donors (Lipinski definition) is 1. The van der Waals surface area contributed by atoms with Crippen LogP contribution in [0.25, 0.3) is 0 Å². The third-order valence-corrected chi connectivity index (χ3v) is 9.05. The first-order valence-electron chi connectivity index (χ1n) is 12.9. The summed E-state index contributed by atoms with van der Waals surface area (Å²) in [5.41, 5.74) is 1.57. The van der Waals surface area contributed by atoms with Gasteiger partial charge in [-0.2, -0.15) is 4.31 Å². The minimum absolute atomic E-state index is 0.0134. The summed E-state index contributed by atoms with van der Waals surface area (Å²) in [4.78, 5) is 17.4. The van der Waals surface area contributed by atoms with Gasteiger partial charge in [-0.05, 0) is 61.1 Å². The van der Waals surface area contributed by atoms with Crippen LogP contribution < -0.4 is 0 Å². The van der Waals surface area contributed by atoms with Crippen LogP contribution in [0, 0.1) is 11.8 Å². The highest BCUT2D eigenvalue weighted by Gasteiger charge is 2.35. The largest absolute Gasteiger partial charge is 0.460 e. The lowest BCUT2D eigenvalue weighted by atomic mass is 9.93. The summed E-state index contributed by atoms with van der Waals surface area (Å²) in [5.74, 6) is -1.34. The molecule has 0 spiro atoms. The van der Waals surface area contributed by atoms with Crippen LogP contribution >= 0.6 is 11.6 Å². The molecule has 1 aromatic heterocycles. The van der Waals surface area contributed by atoms with Gasteiger partial charge in [-0.3, -0.25) is 9.78 Å². The van der Waals surface area contributed by atoms with Crippen LogP contribution in [-0.2, 0) is 32.6 Å². The molecular formula is C29H33ClN2O5S. The highest BCUT2D eigenvalue weighted by Crippen LogP contribution is 2.29. The molecule has 0 aliphatic heterocycles. The van der Waals surface area contributed by atoms with Crippen LogP contribution in [0.1, 0.15) is 36.8 Å². The van der Waals surface area contributed by atoms with Gasteiger partial charge in [0.25, 0.3) is 0 Å². The predicted molar refractivity (Wildman–Crippen MR) is 146 cm³/mol. The molecule has 0 radical (unpaired) electrons. The number of hydrogen-bond acceptors (Lipinski definition) is 6. The van der Waals surface area contributed by atoms with Crippen molar-refractivity contribution in [3.05, 3.63) is 95.3 Å². The van der Waals surface area contributed by atoms with E-state index in [1.165, 1.54) is 28.6 Å². The lowest BCUT2D eigenvalue weighted by Gasteiger charge is -2.30. The number of ether oxygens (including phenoxy) is 1. The maximum atomic E-state index is 13.7. The second kappa shape index (κ2) is 13.3. The van der Waals surface area contributed by atoms with Crippen LogP contribution in [0.4, 0.5) is 0 Å². The molecule has 202 valence electrons. The Hall–Kier alpha value is -2.78. The minimum Gasteiger partial charge on any atom is -0.460 e. The number of aliphatic hydroxyl groups is 1. The van der Waals surface area contributed by atoms with Crippen molar-refractivity contribution in [2.24, 2.45) is 11.8 Å². The van der Waals surface area contributed by atoms with E-state index in [0.717, 1.165) is 36.8 Å². The first kappa shape index (κ1) is 28.2. The fraction of sp³-hybridized carbons (Fsp3) is 0.379. The topological polar surface area (TPSA) is 96.8 Å². The van der Waals surface area contributed by atoms with Gasteiger partial charge in [-0.15, -0.1) is 0 Å². The molecule has 2 atom stereocenters. The number of aromatic nitrogens is 1. The van der Waals surface area contributed by atoms with E-state index in [0.29, 0.717) is 5.02 Å². The third kappa shape index (κ3) is 7.63. The lowest BCUT2D eigenvalue weighted by Crippen LogP contribution is -2.45. The summed E-state index contributed by atoms with van der Waals surface area (Å²) in [6.45, 7) is 0.0747. The Morgan fingerprint density at radius 1 is 1.03 bits per heavy atom. The smallest absolute Gasteiger partial charge is 0.312 e. The number of halogens is 1. The van der Waals surface area contributed by atoms with Crippen molar-refractivity contribution in [1.82, 2.24) is 9.29 Å². The summed E-state index contributed by atoms with van der Waals surface area (Å²) in [5, 5.41) is 11.8. The molecule has 1 aliphatic carbocycles. The van der Waals surface area contributed by atoms with E-state index < -0.39 is 28.0 Å². The van der Waals surface area contributed by atoms with Crippen molar-refractivity contribution < 1.29 is 23.1 Å². The maximum absolute atomic E-state index is 13.7. The summed E-state index contributed by atoms with van der Waals surface area (Å²) in [6, 6.07) is 18.9. The molecule has 4 rings (SSSR count). The Labute approximate surface area is 229 Å². The van der Waals surface area contributed by atoms with E-state index in [9.17, 15) is 18.3 Å². The minimum atomic E-state index is -3.93. The Morgan fingerprint density at radius 2 is 1.71 bits per heavy atom. The van der Waals surface area contributed by atoms with E-state index in [1.807, 2.05) is 30.3 Å². The number of pyridine rings is 1. The van der Waals surface area contributed by atoms with Crippen LogP contribution in [0.15, 0.2) is 84.0 Å². The molecule has 0 bridgehead atoms. The Balaban J connectivity index is 1.57. The lowest BCUT2D eigenvalue weighted by molar-refractivity contribution is -0.154. The van der Waals surface area contributed by atoms with Gasteiger partial charge in [0.1, 0.15) is 6.61 Å². The van der Waals surface area contributed by atoms with Crippen molar-refractivity contribution >= 4 is 27.6 Å². The highest BCUT2D eigenvalue weighted by molar-refractivity contribution is 7.89. The molecule has 2 aromatic carbocycles. The quantitative estimate of drug-likeness (QED) is 0.319. The molecule has 38 heavy (non-hydrogen) atoms. The number of carbonyl (C=O) groups excluding carboxylic acids is 1. The number of benzene rings is 2. The number of esters is 1. The fourth-order valence-corrected chi connectivity index (χ4v) is 6.49. The zero-order valence-electron chi connectivity index (χ0n) is 21.2. The van der Waals surface area contributed by atoms with E-state index in [4.69, 9.17) is 16.3 Å². The van der Waals surface area contributed by atoms with Crippen molar-refractivity contribution in [2.75, 3.05) is 13.1 Å². The van der Waals surface area contributed by atoms with Crippen LogP contribution in [0.5, 0.6) is 0 Å². The average molecular weight is 557 g/mol. The van der Waals surface area contributed by atoms with Gasteiger partial charge in [0.15, 0.2) is 0 Å². The summed E-state index contributed by atoms with van der Waals surface area (Å²) < 4.78 is 34.2. The molecule has 1 unspecified atom stereocenters. The highest BCUT2D eigenvalue weighted by atomic mass is 35.5. The Morgan fingerprint density at radius 3 is 2.37 bits per heavy atom. The molecule has 1 saturated carbocycles. The SMILES string of the molecule is O=C(OCc1cccnc1)C(Cc1ccccc1)[C@H](O)CN(CC1CCCC1)S(=O)(=O)c1ccc(Cl)cc1. The summed E-state index contributed by atoms with van der Waals surface area (Å²) in [7, 11) is -3.93. The zero-order valence-corrected chi connectivity index (χ0v) is 22.7. The van der Waals surface area contributed by atoms with Crippen molar-refractivity contribution in [1.29, 1.82) is 0 Å². The molecule has 1 fully saturated rings. The fourth-order valence-electron chi connectivity index (χ4n) is 4.83. The van der Waals surface area contributed by atoms with Crippen molar-refractivity contribution in [3.63, 3.8) is 0 Å². The van der Waals surface area contributed by atoms with Gasteiger partial charge >= 0.3 is 5.97 Å². The first-order valence-corrected chi connectivity index (χ1v) is 14.7. The number of aliphatic hydroxyl groups excluding tert-OH is 1. The van der Waals surface area contributed by atoms with Crippen LogP contribution in [0.2, 0.25) is 5.02 Å². The van der Waals surface area contributed by atoms with Crippen LogP contribution in [0.3, 0.4) is 0 Å². The van der Waals surface area contributed by atoms with Gasteiger partial charge in [0, 0.05) is 36.1 Å². The summed E-state index contributed by atoms with van der Waals surface area (Å²) in [6.07, 6.45) is 6.16. The molecule has 1 N–H and O–H groups in total. The summed E-state index contributed by atoms with van der Waals surface area (Å²) >= 11 is 5.99. The van der Waals surface area contributed by atoms with Gasteiger partial charge in [0.05, 0.1) is 16.9 Å². The molecule has 9 heteroatoms. The molecule has 0 saturated heterocycles. The molecule has 1 heterocycles. The predicted octanol–water partition coefficient (Wildman–Crippen LogP) is 4.88. The standard InChI is InChI=1S/C29H33ClN2O5S/c30-25-12-14-26(15-13-25)38(35,36)32(19-23-9-4-5-10-23)20-28(33)27(17-22-7-2-1-3-8-22)29(34)37-21-24-11-6-16-31-18-24/h1-3,6-8,11-16,18,23,27-28,33H,4-5,9-10,17,19-21H2/t27?,28-/m1/s1. The molecule has 1 aliphatic rings. The number of rotatable bonds is 12. The molecule has 3 aromatic rings. The van der Waals surface area contributed by atoms with E-state index >= 15 is 0 Å². The van der Waals surface area contributed by atoms with Gasteiger partial charge in [-0.1, -0.05) is 60.8 Å². The second-order valence-electron chi connectivity index (χ2n) is 9.76. The van der Waals surface area contributed by atoms with Gasteiger partial charge in [0.2, 0.25) is 10.0 Å². The molecule has 0 amide bonds. The Bertz CT molecular complexity index is 1270. The molecular weight excluding hydrogens is 524 g/mol. The van der Waals surface area contributed by atoms with Crippen LogP contribution in [-0.4, -0.2) is 48.0 Å². The monoisotopic (exact) mass is 556 g/mol. The van der Waals surface area contributed by atoms with Gasteiger partial charge < -0.3 is 9.84 Å². The zero-order chi connectivity index (χ0) is 27.0.